The van der Waals surface area contributed by atoms with Gasteiger partial charge in [0.2, 0.25) is 5.91 Å². The average molecular weight is 332 g/mol. The van der Waals surface area contributed by atoms with Gasteiger partial charge in [-0.1, -0.05) is 30.1 Å². The molecule has 116 valence electrons. The van der Waals surface area contributed by atoms with Gasteiger partial charge in [0, 0.05) is 16.6 Å². The van der Waals surface area contributed by atoms with Gasteiger partial charge in [0.15, 0.2) is 0 Å². The Labute approximate surface area is 134 Å². The van der Waals surface area contributed by atoms with Crippen molar-refractivity contribution in [2.24, 2.45) is 0 Å². The van der Waals surface area contributed by atoms with Crippen molar-refractivity contribution in [3.63, 3.8) is 0 Å². The van der Waals surface area contributed by atoms with Crippen LogP contribution in [0, 0.1) is 0 Å². The number of benzene rings is 1. The minimum absolute atomic E-state index is 0.0210. The van der Waals surface area contributed by atoms with Crippen LogP contribution in [0.5, 0.6) is 0 Å². The van der Waals surface area contributed by atoms with Crippen molar-refractivity contribution in [1.29, 1.82) is 0 Å². The molecule has 1 heterocycles. The van der Waals surface area contributed by atoms with Crippen LogP contribution in [0.25, 0.3) is 0 Å². The Morgan fingerprint density at radius 2 is 2.10 bits per heavy atom. The quantitative estimate of drug-likeness (QED) is 0.922. The predicted octanol–water partition coefficient (Wildman–Crippen LogP) is 3.05. The topological polar surface area (TPSA) is 49.8 Å². The summed E-state index contributed by atoms with van der Waals surface area (Å²) in [4.78, 5) is 14.2. The first-order valence-corrected chi connectivity index (χ1v) is 7.78. The molecule has 0 aromatic heterocycles. The number of hydrogen-bond donors (Lipinski definition) is 1. The molecule has 1 fully saturated rings. The Bertz CT molecular complexity index is 489. The maximum Gasteiger partial charge on any atom is 0.225 e. The summed E-state index contributed by atoms with van der Waals surface area (Å²) in [5, 5.41) is 11.1. The van der Waals surface area contributed by atoms with Crippen molar-refractivity contribution in [1.82, 2.24) is 4.90 Å². The van der Waals surface area contributed by atoms with Gasteiger partial charge < -0.3 is 14.7 Å². The first kappa shape index (κ1) is 16.6. The van der Waals surface area contributed by atoms with E-state index in [1.54, 1.807) is 23.1 Å². The van der Waals surface area contributed by atoms with Gasteiger partial charge in [0.05, 0.1) is 31.8 Å². The molecule has 0 saturated carbocycles. The third-order valence-electron chi connectivity index (χ3n) is 3.66. The van der Waals surface area contributed by atoms with Gasteiger partial charge in [-0.2, -0.15) is 0 Å². The van der Waals surface area contributed by atoms with E-state index >= 15 is 0 Å². The van der Waals surface area contributed by atoms with Crippen molar-refractivity contribution in [2.45, 2.75) is 31.9 Å². The minimum atomic E-state index is -0.908. The first-order valence-electron chi connectivity index (χ1n) is 7.02. The highest BCUT2D eigenvalue weighted by Gasteiger charge is 2.27. The molecule has 0 radical (unpaired) electrons. The fourth-order valence-electron chi connectivity index (χ4n) is 2.49. The lowest BCUT2D eigenvalue weighted by atomic mass is 10.0. The van der Waals surface area contributed by atoms with E-state index in [1.165, 1.54) is 0 Å². The molecule has 2 rings (SSSR count). The molecule has 1 saturated heterocycles. The van der Waals surface area contributed by atoms with Crippen LogP contribution in [0.15, 0.2) is 18.2 Å². The van der Waals surface area contributed by atoms with Crippen molar-refractivity contribution in [3.8, 4) is 0 Å². The zero-order chi connectivity index (χ0) is 15.4. The normalized spacial score (nSPS) is 20.4. The molecule has 1 aliphatic rings. The van der Waals surface area contributed by atoms with E-state index in [0.29, 0.717) is 35.4 Å². The Morgan fingerprint density at radius 3 is 2.71 bits per heavy atom. The summed E-state index contributed by atoms with van der Waals surface area (Å²) in [5.41, 5.74) is 0.558. The highest BCUT2D eigenvalue weighted by molar-refractivity contribution is 6.34. The summed E-state index contributed by atoms with van der Waals surface area (Å²) in [7, 11) is 0. The second-order valence-electron chi connectivity index (χ2n) is 5.15. The highest BCUT2D eigenvalue weighted by Crippen LogP contribution is 2.26. The number of aliphatic hydroxyl groups excluding tert-OH is 1. The van der Waals surface area contributed by atoms with Crippen LogP contribution >= 0.6 is 23.2 Å². The van der Waals surface area contributed by atoms with Crippen LogP contribution in [0.4, 0.5) is 0 Å². The number of halogens is 2. The third-order valence-corrected chi connectivity index (χ3v) is 4.09. The van der Waals surface area contributed by atoms with Gasteiger partial charge in [-0.05, 0) is 30.2 Å². The number of nitrogens with zero attached hydrogens (tertiary/aromatic N) is 1. The summed E-state index contributed by atoms with van der Waals surface area (Å²) >= 11 is 11.8. The number of amides is 1. The third kappa shape index (κ3) is 4.33. The fourth-order valence-corrected chi connectivity index (χ4v) is 3.03. The van der Waals surface area contributed by atoms with E-state index in [1.807, 2.05) is 6.92 Å². The number of rotatable bonds is 4. The number of aliphatic hydroxyl groups is 1. The summed E-state index contributed by atoms with van der Waals surface area (Å²) in [6.45, 7) is 3.69. The number of ether oxygens (including phenoxy) is 1. The molecular formula is C15H19Cl2NO3. The van der Waals surface area contributed by atoms with Crippen LogP contribution in [0.2, 0.25) is 10.0 Å². The molecule has 1 amide bonds. The van der Waals surface area contributed by atoms with Gasteiger partial charge in [0.1, 0.15) is 0 Å². The van der Waals surface area contributed by atoms with Gasteiger partial charge >= 0.3 is 0 Å². The number of carbonyl (C=O) groups is 1. The van der Waals surface area contributed by atoms with Crippen LogP contribution in [0.3, 0.4) is 0 Å². The highest BCUT2D eigenvalue weighted by atomic mass is 35.5. The van der Waals surface area contributed by atoms with Crippen LogP contribution in [-0.2, 0) is 9.53 Å². The van der Waals surface area contributed by atoms with Crippen LogP contribution in [0.1, 0.15) is 31.4 Å². The second-order valence-corrected chi connectivity index (χ2v) is 6.02. The van der Waals surface area contributed by atoms with E-state index in [-0.39, 0.29) is 18.4 Å². The molecule has 2 atom stereocenters. The van der Waals surface area contributed by atoms with Gasteiger partial charge in [-0.3, -0.25) is 4.79 Å². The summed E-state index contributed by atoms with van der Waals surface area (Å²) < 4.78 is 5.38. The molecule has 6 heteroatoms. The number of hydrogen-bond acceptors (Lipinski definition) is 3. The SMILES string of the molecule is CCC1COCCN1C(=O)CC(O)c1cc(Cl)cc(Cl)c1. The largest absolute Gasteiger partial charge is 0.388 e. The first-order chi connectivity index (χ1) is 10.0. The van der Waals surface area contributed by atoms with E-state index in [9.17, 15) is 9.90 Å². The monoisotopic (exact) mass is 331 g/mol. The maximum absolute atomic E-state index is 12.4. The minimum Gasteiger partial charge on any atom is -0.388 e. The molecule has 2 unspecified atom stereocenters. The lowest BCUT2D eigenvalue weighted by molar-refractivity contribution is -0.142. The summed E-state index contributed by atoms with van der Waals surface area (Å²) in [6.07, 6.45) is -0.0492. The Morgan fingerprint density at radius 1 is 1.43 bits per heavy atom. The van der Waals surface area contributed by atoms with E-state index in [4.69, 9.17) is 27.9 Å². The van der Waals surface area contributed by atoms with Gasteiger partial charge in [-0.25, -0.2) is 0 Å². The molecule has 1 N–H and O–H groups in total. The zero-order valence-corrected chi connectivity index (χ0v) is 13.4. The predicted molar refractivity (Wildman–Crippen MR) is 82.6 cm³/mol. The second kappa shape index (κ2) is 7.45. The Kier molecular flexibility index (Phi) is 5.88. The van der Waals surface area contributed by atoms with E-state index in [2.05, 4.69) is 0 Å². The maximum atomic E-state index is 12.4. The summed E-state index contributed by atoms with van der Waals surface area (Å²) in [6, 6.07) is 4.93. The van der Waals surface area contributed by atoms with Crippen LogP contribution in [-0.4, -0.2) is 41.7 Å². The molecule has 1 aliphatic heterocycles. The lowest BCUT2D eigenvalue weighted by Crippen LogP contribution is -2.48. The van der Waals surface area contributed by atoms with Gasteiger partial charge in [0.25, 0.3) is 0 Å². The van der Waals surface area contributed by atoms with Crippen LogP contribution < -0.4 is 0 Å². The Balaban J connectivity index is 2.04. The molecule has 21 heavy (non-hydrogen) atoms. The van der Waals surface area contributed by atoms with Crippen molar-refractivity contribution in [2.75, 3.05) is 19.8 Å². The zero-order valence-electron chi connectivity index (χ0n) is 11.9. The average Bonchev–Trinajstić information content (AvgIpc) is 2.46. The smallest absolute Gasteiger partial charge is 0.225 e. The van der Waals surface area contributed by atoms with E-state index in [0.717, 1.165) is 6.42 Å². The molecular weight excluding hydrogens is 313 g/mol. The molecule has 0 bridgehead atoms. The molecule has 0 aliphatic carbocycles. The van der Waals surface area contributed by atoms with Crippen molar-refractivity contribution < 1.29 is 14.6 Å². The molecule has 0 spiro atoms. The lowest BCUT2D eigenvalue weighted by Gasteiger charge is -2.35. The standard InChI is InChI=1S/C15H19Cl2NO3/c1-2-13-9-21-4-3-18(13)15(20)8-14(19)10-5-11(16)7-12(17)6-10/h5-7,13-14,19H,2-4,8-9H2,1H3. The van der Waals surface area contributed by atoms with Crippen molar-refractivity contribution >= 4 is 29.1 Å². The Hall–Kier alpha value is -0.810. The molecule has 1 aromatic rings. The van der Waals surface area contributed by atoms with E-state index < -0.39 is 6.10 Å². The molecule has 4 nitrogen and oxygen atoms in total. The van der Waals surface area contributed by atoms with Gasteiger partial charge in [-0.15, -0.1) is 0 Å². The fraction of sp³-hybridized carbons (Fsp3) is 0.533. The number of morpholine rings is 1. The molecule has 1 aromatic carbocycles. The van der Waals surface area contributed by atoms with Crippen molar-refractivity contribution in [3.05, 3.63) is 33.8 Å². The summed E-state index contributed by atoms with van der Waals surface area (Å²) in [5.74, 6) is -0.0752. The number of carbonyl (C=O) groups excluding carboxylic acids is 1.